The van der Waals surface area contributed by atoms with Crippen LogP contribution in [0.15, 0.2) is 22.7 Å². The van der Waals surface area contributed by atoms with Gasteiger partial charge in [-0.1, -0.05) is 15.9 Å². The summed E-state index contributed by atoms with van der Waals surface area (Å²) in [7, 11) is 1.22. The number of nitrogens with two attached hydrogens (primary N) is 1. The van der Waals surface area contributed by atoms with Crippen LogP contribution in [0, 0.1) is 0 Å². The summed E-state index contributed by atoms with van der Waals surface area (Å²) in [5, 5.41) is 0. The first-order valence-corrected chi connectivity index (χ1v) is 10.2. The Balaban J connectivity index is 2.08. The highest BCUT2D eigenvalue weighted by molar-refractivity contribution is 9.10. The van der Waals surface area contributed by atoms with Gasteiger partial charge >= 0.3 is 0 Å². The molecule has 1 aromatic carbocycles. The Morgan fingerprint density at radius 2 is 1.83 bits per heavy atom. The molecule has 0 saturated carbocycles. The van der Waals surface area contributed by atoms with Crippen LogP contribution in [0.25, 0.3) is 0 Å². The van der Waals surface area contributed by atoms with E-state index in [-0.39, 0.29) is 10.8 Å². The average Bonchev–Trinajstić information content (AvgIpc) is 2.46. The molecule has 0 unspecified atom stereocenters. The minimum absolute atomic E-state index is 0.158. The summed E-state index contributed by atoms with van der Waals surface area (Å²) in [6, 6.07) is 6.71. The van der Waals surface area contributed by atoms with E-state index in [1.165, 1.54) is 11.3 Å². The van der Waals surface area contributed by atoms with Crippen LogP contribution >= 0.6 is 15.9 Å². The summed E-state index contributed by atoms with van der Waals surface area (Å²) in [4.78, 5) is 4.79. The van der Waals surface area contributed by atoms with Crippen molar-refractivity contribution in [1.82, 2.24) is 4.90 Å². The van der Waals surface area contributed by atoms with Crippen LogP contribution in [0.3, 0.4) is 0 Å². The Hall–Kier alpha value is -0.430. The van der Waals surface area contributed by atoms with Crippen LogP contribution in [0.2, 0.25) is 0 Å². The van der Waals surface area contributed by atoms with Crippen LogP contribution in [-0.4, -0.2) is 47.1 Å². The first-order valence-electron chi connectivity index (χ1n) is 8.17. The number of quaternary nitrogens is 1. The molecule has 0 spiro atoms. The lowest BCUT2D eigenvalue weighted by atomic mass is 10.1. The van der Waals surface area contributed by atoms with Gasteiger partial charge in [-0.2, -0.15) is 4.21 Å². The highest BCUT2D eigenvalue weighted by atomic mass is 79.9. The van der Waals surface area contributed by atoms with E-state index in [9.17, 15) is 4.21 Å². The van der Waals surface area contributed by atoms with Gasteiger partial charge in [-0.3, -0.25) is 4.72 Å². The van der Waals surface area contributed by atoms with E-state index in [4.69, 9.17) is 0 Å². The number of benzene rings is 1. The number of piperazine rings is 1. The molecule has 2 atom stereocenters. The fourth-order valence-corrected chi connectivity index (χ4v) is 4.26. The van der Waals surface area contributed by atoms with Crippen LogP contribution in [-0.2, 0) is 11.0 Å². The second kappa shape index (κ2) is 7.64. The molecule has 0 amide bonds. The standard InChI is InChI=1S/C17H28BrN3OS/c1-13(19-23(22)17(2,3)4)15-7-6-14(12-16(15)18)21-10-8-20(5)9-11-21/h6-7,12-13,19H,8-11H2,1-5H3/p+1/t13-,23-/m1/s1. The number of hydrogen-bond acceptors (Lipinski definition) is 3. The van der Waals surface area contributed by atoms with Crippen LogP contribution in [0.5, 0.6) is 0 Å². The fraction of sp³-hybridized carbons (Fsp3) is 0.647. The van der Waals surface area contributed by atoms with E-state index >= 15 is 0 Å². The Kier molecular flexibility index (Phi) is 6.28. The van der Waals surface area contributed by atoms with Crippen molar-refractivity contribution in [3.05, 3.63) is 28.2 Å². The predicted molar refractivity (Wildman–Crippen MR) is 102 cm³/mol. The first-order chi connectivity index (χ1) is 10.7. The fourth-order valence-electron chi connectivity index (χ4n) is 2.61. The molecule has 6 heteroatoms. The van der Waals surface area contributed by atoms with Gasteiger partial charge in [-0.25, -0.2) is 0 Å². The van der Waals surface area contributed by atoms with Crippen LogP contribution in [0.1, 0.15) is 39.3 Å². The number of nitrogens with zero attached hydrogens (tertiary/aromatic N) is 2. The minimum atomic E-state index is -0.952. The Labute approximate surface area is 151 Å². The normalized spacial score (nSPS) is 19.7. The number of rotatable bonds is 4. The molecule has 2 rings (SSSR count). The van der Waals surface area contributed by atoms with Crippen molar-refractivity contribution in [2.24, 2.45) is 0 Å². The van der Waals surface area contributed by atoms with Gasteiger partial charge < -0.3 is 9.80 Å². The Bertz CT molecular complexity index is 565. The van der Waals surface area contributed by atoms with Gasteiger partial charge in [0.1, 0.15) is 6.04 Å². The van der Waals surface area contributed by atoms with E-state index in [1.54, 1.807) is 0 Å². The number of hydrogen-bond donors (Lipinski definition) is 1. The van der Waals surface area contributed by atoms with E-state index in [1.807, 2.05) is 25.5 Å². The predicted octanol–water partition coefficient (Wildman–Crippen LogP) is 2.29. The Morgan fingerprint density at radius 1 is 1.22 bits per heavy atom. The van der Waals surface area contributed by atoms with Gasteiger partial charge in [-0.05, 0) is 52.9 Å². The maximum atomic E-state index is 12.3. The van der Waals surface area contributed by atoms with Crippen molar-refractivity contribution in [1.29, 1.82) is 0 Å². The molecule has 0 bridgehead atoms. The third-order valence-corrected chi connectivity index (χ3v) is 6.82. The second-order valence-corrected chi connectivity index (χ2v) is 10.3. The molecule has 1 aromatic rings. The molecular formula is C17H29BrN3OS+. The summed E-state index contributed by atoms with van der Waals surface area (Å²) in [5.74, 6) is 0. The largest absolute Gasteiger partial charge is 0.369 e. The summed E-state index contributed by atoms with van der Waals surface area (Å²) in [6.45, 7) is 12.5. The summed E-state index contributed by atoms with van der Waals surface area (Å²) in [5.41, 5.74) is 2.46. The van der Waals surface area contributed by atoms with E-state index in [2.05, 4.69) is 57.9 Å². The maximum absolute atomic E-state index is 12.3. The first kappa shape index (κ1) is 18.9. The zero-order chi connectivity index (χ0) is 17.2. The summed E-state index contributed by atoms with van der Waals surface area (Å²) in [6.07, 6.45) is 0. The van der Waals surface area contributed by atoms with Crippen molar-refractivity contribution in [2.45, 2.75) is 38.5 Å². The molecule has 1 aliphatic rings. The minimum Gasteiger partial charge on any atom is -0.369 e. The number of likely N-dealkylation sites (N-methyl/N-ethyl adjacent to an activating group) is 1. The molecule has 1 heterocycles. The van der Waals surface area contributed by atoms with E-state index in [0.29, 0.717) is 0 Å². The lowest BCUT2D eigenvalue weighted by Crippen LogP contribution is -2.87. The molecule has 2 N–H and O–H groups in total. The van der Waals surface area contributed by atoms with E-state index in [0.717, 1.165) is 30.7 Å². The van der Waals surface area contributed by atoms with Crippen LogP contribution < -0.4 is 9.62 Å². The van der Waals surface area contributed by atoms with E-state index < -0.39 is 11.0 Å². The van der Waals surface area contributed by atoms with Gasteiger partial charge in [-0.15, -0.1) is 0 Å². The third-order valence-electron chi connectivity index (χ3n) is 4.27. The molecule has 1 fully saturated rings. The molecule has 4 nitrogen and oxygen atoms in total. The molecule has 0 radical (unpaired) electrons. The van der Waals surface area contributed by atoms with Gasteiger partial charge in [0, 0.05) is 41.9 Å². The zero-order valence-electron chi connectivity index (χ0n) is 14.8. The van der Waals surface area contributed by atoms with Crippen molar-refractivity contribution in [2.75, 3.05) is 38.1 Å². The third kappa shape index (κ3) is 5.02. The molecule has 130 valence electrons. The molecule has 23 heavy (non-hydrogen) atoms. The van der Waals surface area contributed by atoms with Gasteiger partial charge in [0.05, 0.1) is 4.75 Å². The Morgan fingerprint density at radius 3 is 2.35 bits per heavy atom. The molecule has 0 aliphatic carbocycles. The van der Waals surface area contributed by atoms with Crippen LogP contribution in [0.4, 0.5) is 5.69 Å². The maximum Gasteiger partial charge on any atom is 0.209 e. The number of anilines is 1. The van der Waals surface area contributed by atoms with Gasteiger partial charge in [0.25, 0.3) is 0 Å². The number of halogens is 1. The van der Waals surface area contributed by atoms with Gasteiger partial charge in [0.15, 0.2) is 0 Å². The second-order valence-electron chi connectivity index (χ2n) is 7.33. The molecule has 1 aliphatic heterocycles. The summed E-state index contributed by atoms with van der Waals surface area (Å²) >= 11 is 3.71. The monoisotopic (exact) mass is 402 g/mol. The highest BCUT2D eigenvalue weighted by Crippen LogP contribution is 2.28. The quantitative estimate of drug-likeness (QED) is 0.839. The van der Waals surface area contributed by atoms with Gasteiger partial charge in [0.2, 0.25) is 11.0 Å². The topological polar surface area (TPSA) is 40.2 Å². The van der Waals surface area contributed by atoms with Crippen molar-refractivity contribution >= 4 is 32.6 Å². The summed E-state index contributed by atoms with van der Waals surface area (Å²) < 4.78 is 15.2. The lowest BCUT2D eigenvalue weighted by Gasteiger charge is -2.34. The molecule has 0 aromatic heterocycles. The zero-order valence-corrected chi connectivity index (χ0v) is 17.2. The SMILES string of the molecule is C[C@@H]([NH2+][S@](=O)C(C)(C)C)c1ccc(N2CCN(C)CC2)cc1Br. The molecule has 1 saturated heterocycles. The van der Waals surface area contributed by atoms with Crippen molar-refractivity contribution in [3.63, 3.8) is 0 Å². The highest BCUT2D eigenvalue weighted by Gasteiger charge is 2.27. The molecular weight excluding hydrogens is 374 g/mol. The van der Waals surface area contributed by atoms with Crippen molar-refractivity contribution < 1.29 is 8.93 Å². The average molecular weight is 403 g/mol. The lowest BCUT2D eigenvalue weighted by molar-refractivity contribution is -0.538. The van der Waals surface area contributed by atoms with Crippen molar-refractivity contribution in [3.8, 4) is 0 Å². The smallest absolute Gasteiger partial charge is 0.209 e.